The average Bonchev–Trinajstić information content (AvgIpc) is 2.68. The Morgan fingerprint density at radius 2 is 1.78 bits per heavy atom. The zero-order chi connectivity index (χ0) is 20.0. The van der Waals surface area contributed by atoms with Crippen LogP contribution < -0.4 is 14.8 Å². The molecule has 27 heavy (non-hydrogen) atoms. The molecular weight excluding hydrogens is 372 g/mol. The molecule has 0 aliphatic carbocycles. The number of esters is 1. The number of anilines is 1. The number of sulfonamides is 1. The van der Waals surface area contributed by atoms with Crippen LogP contribution in [0.1, 0.15) is 17.3 Å². The molecule has 0 fully saturated rings. The number of benzene rings is 2. The Bertz CT molecular complexity index is 942. The van der Waals surface area contributed by atoms with Gasteiger partial charge in [0.1, 0.15) is 5.75 Å². The molecule has 144 valence electrons. The van der Waals surface area contributed by atoms with Gasteiger partial charge >= 0.3 is 5.97 Å². The average molecular weight is 392 g/mol. The summed E-state index contributed by atoms with van der Waals surface area (Å²) >= 11 is 0. The Kier molecular flexibility index (Phi) is 6.54. The van der Waals surface area contributed by atoms with E-state index in [4.69, 9.17) is 9.47 Å². The van der Waals surface area contributed by atoms with Crippen molar-refractivity contribution in [2.45, 2.75) is 17.9 Å². The molecule has 0 saturated carbocycles. The highest BCUT2D eigenvalue weighted by molar-refractivity contribution is 7.89. The Labute approximate surface area is 157 Å². The minimum absolute atomic E-state index is 0.0169. The zero-order valence-corrected chi connectivity index (χ0v) is 15.9. The predicted molar refractivity (Wildman–Crippen MR) is 99.2 cm³/mol. The molecule has 0 bridgehead atoms. The molecule has 9 heteroatoms. The summed E-state index contributed by atoms with van der Waals surface area (Å²) in [5.41, 5.74) is 0.457. The first-order valence-corrected chi connectivity index (χ1v) is 9.45. The molecule has 0 heterocycles. The van der Waals surface area contributed by atoms with E-state index in [2.05, 4.69) is 10.0 Å². The summed E-state index contributed by atoms with van der Waals surface area (Å²) in [6, 6.07) is 12.2. The lowest BCUT2D eigenvalue weighted by Crippen LogP contribution is -2.30. The molecular formula is C18H20N2O6S. The third kappa shape index (κ3) is 5.05. The maximum atomic E-state index is 12.3. The third-order valence-corrected chi connectivity index (χ3v) is 5.08. The molecule has 0 aliphatic rings. The van der Waals surface area contributed by atoms with Crippen LogP contribution in [0.15, 0.2) is 53.4 Å². The van der Waals surface area contributed by atoms with E-state index in [0.717, 1.165) is 0 Å². The lowest BCUT2D eigenvalue weighted by molar-refractivity contribution is -0.123. The lowest BCUT2D eigenvalue weighted by Gasteiger charge is -2.15. The van der Waals surface area contributed by atoms with Gasteiger partial charge in [0.15, 0.2) is 6.10 Å². The highest BCUT2D eigenvalue weighted by Crippen LogP contribution is 2.23. The highest BCUT2D eigenvalue weighted by Gasteiger charge is 2.21. The van der Waals surface area contributed by atoms with Crippen LogP contribution in [0.3, 0.4) is 0 Å². The molecule has 2 aromatic carbocycles. The lowest BCUT2D eigenvalue weighted by atomic mass is 10.2. The number of nitrogens with one attached hydrogen (secondary N) is 2. The molecule has 2 aromatic rings. The van der Waals surface area contributed by atoms with Crippen molar-refractivity contribution in [1.29, 1.82) is 0 Å². The summed E-state index contributed by atoms with van der Waals surface area (Å²) in [5, 5.41) is 2.62. The molecule has 0 saturated heterocycles. The number of hydrogen-bond donors (Lipinski definition) is 2. The first-order chi connectivity index (χ1) is 12.8. The maximum Gasteiger partial charge on any atom is 0.338 e. The van der Waals surface area contributed by atoms with Crippen LogP contribution >= 0.6 is 0 Å². The fourth-order valence-electron chi connectivity index (χ4n) is 2.17. The monoisotopic (exact) mass is 392 g/mol. The van der Waals surface area contributed by atoms with E-state index in [1.807, 2.05) is 0 Å². The normalized spacial score (nSPS) is 12.1. The molecule has 0 unspecified atom stereocenters. The number of ether oxygens (including phenoxy) is 2. The summed E-state index contributed by atoms with van der Waals surface area (Å²) in [5.74, 6) is -0.896. The van der Waals surface area contributed by atoms with Crippen LogP contribution in [0.25, 0.3) is 0 Å². The van der Waals surface area contributed by atoms with Crippen molar-refractivity contribution in [2.75, 3.05) is 19.5 Å². The minimum atomic E-state index is -3.70. The zero-order valence-electron chi connectivity index (χ0n) is 15.1. The first-order valence-electron chi connectivity index (χ1n) is 7.97. The Morgan fingerprint density at radius 3 is 2.44 bits per heavy atom. The van der Waals surface area contributed by atoms with E-state index in [-0.39, 0.29) is 10.5 Å². The van der Waals surface area contributed by atoms with Crippen molar-refractivity contribution >= 4 is 27.6 Å². The second kappa shape index (κ2) is 8.65. The van der Waals surface area contributed by atoms with Crippen LogP contribution in [0.5, 0.6) is 5.75 Å². The predicted octanol–water partition coefficient (Wildman–Crippen LogP) is 1.79. The van der Waals surface area contributed by atoms with Gasteiger partial charge in [-0.2, -0.15) is 0 Å². The van der Waals surface area contributed by atoms with Crippen LogP contribution in [0, 0.1) is 0 Å². The van der Waals surface area contributed by atoms with Crippen LogP contribution in [-0.4, -0.2) is 40.6 Å². The first kappa shape index (κ1) is 20.4. The van der Waals surface area contributed by atoms with Crippen LogP contribution in [0.4, 0.5) is 5.69 Å². The SMILES string of the molecule is CNS(=O)(=O)c1cccc(C(=O)O[C@H](C)C(=O)Nc2ccccc2OC)c1. The van der Waals surface area contributed by atoms with Gasteiger partial charge in [-0.25, -0.2) is 17.9 Å². The Morgan fingerprint density at radius 1 is 1.07 bits per heavy atom. The third-order valence-electron chi connectivity index (χ3n) is 3.67. The summed E-state index contributed by atoms with van der Waals surface area (Å²) in [6.07, 6.45) is -1.10. The van der Waals surface area contributed by atoms with Gasteiger partial charge in [-0.05, 0) is 44.3 Å². The molecule has 1 amide bonds. The molecule has 2 N–H and O–H groups in total. The molecule has 8 nitrogen and oxygen atoms in total. The quantitative estimate of drug-likeness (QED) is 0.695. The number of rotatable bonds is 7. The maximum absolute atomic E-state index is 12.3. The van der Waals surface area contributed by atoms with E-state index in [1.165, 1.54) is 45.3 Å². The Hall–Kier alpha value is -2.91. The van der Waals surface area contributed by atoms with E-state index in [9.17, 15) is 18.0 Å². The van der Waals surface area contributed by atoms with E-state index >= 15 is 0 Å². The van der Waals surface area contributed by atoms with Gasteiger partial charge in [-0.15, -0.1) is 0 Å². The van der Waals surface area contributed by atoms with Crippen LogP contribution in [0.2, 0.25) is 0 Å². The number of amides is 1. The number of para-hydroxylation sites is 2. The van der Waals surface area contributed by atoms with E-state index < -0.39 is 28.0 Å². The van der Waals surface area contributed by atoms with Crippen molar-refractivity contribution in [3.8, 4) is 5.75 Å². The van der Waals surface area contributed by atoms with Gasteiger partial charge in [-0.3, -0.25) is 4.79 Å². The summed E-state index contributed by atoms with van der Waals surface area (Å²) in [7, 11) is -0.957. The fraction of sp³-hybridized carbons (Fsp3) is 0.222. The van der Waals surface area contributed by atoms with Crippen molar-refractivity contribution in [3.05, 3.63) is 54.1 Å². The standard InChI is InChI=1S/C18H20N2O6S/c1-12(17(21)20-15-9-4-5-10-16(15)25-3)26-18(22)13-7-6-8-14(11-13)27(23,24)19-2/h4-12,19H,1-3H3,(H,20,21)/t12-/m1/s1. The minimum Gasteiger partial charge on any atom is -0.495 e. The van der Waals surface area contributed by atoms with Gasteiger partial charge in [-0.1, -0.05) is 18.2 Å². The molecule has 0 aliphatic heterocycles. The summed E-state index contributed by atoms with van der Waals surface area (Å²) < 4.78 is 36.1. The largest absolute Gasteiger partial charge is 0.495 e. The molecule has 1 atom stereocenters. The van der Waals surface area contributed by atoms with Crippen molar-refractivity contribution < 1.29 is 27.5 Å². The Balaban J connectivity index is 2.09. The second-order valence-electron chi connectivity index (χ2n) is 5.47. The smallest absolute Gasteiger partial charge is 0.338 e. The summed E-state index contributed by atoms with van der Waals surface area (Å²) in [4.78, 5) is 24.5. The molecule has 2 rings (SSSR count). The van der Waals surface area contributed by atoms with Gasteiger partial charge in [0.05, 0.1) is 23.3 Å². The molecule has 0 aromatic heterocycles. The number of carbonyl (C=O) groups is 2. The molecule has 0 spiro atoms. The van der Waals surface area contributed by atoms with Gasteiger partial charge in [0, 0.05) is 0 Å². The molecule has 0 radical (unpaired) electrons. The number of methoxy groups -OCH3 is 1. The van der Waals surface area contributed by atoms with Crippen molar-refractivity contribution in [1.82, 2.24) is 4.72 Å². The summed E-state index contributed by atoms with van der Waals surface area (Å²) in [6.45, 7) is 1.41. The number of carbonyl (C=O) groups excluding carboxylic acids is 2. The van der Waals surface area contributed by atoms with Gasteiger partial charge < -0.3 is 14.8 Å². The van der Waals surface area contributed by atoms with Crippen molar-refractivity contribution in [2.24, 2.45) is 0 Å². The topological polar surface area (TPSA) is 111 Å². The highest BCUT2D eigenvalue weighted by atomic mass is 32.2. The van der Waals surface area contributed by atoms with Gasteiger partial charge in [0.25, 0.3) is 5.91 Å². The fourth-order valence-corrected chi connectivity index (χ4v) is 2.95. The van der Waals surface area contributed by atoms with E-state index in [1.54, 1.807) is 24.3 Å². The van der Waals surface area contributed by atoms with E-state index in [0.29, 0.717) is 11.4 Å². The number of hydrogen-bond acceptors (Lipinski definition) is 6. The van der Waals surface area contributed by atoms with Crippen molar-refractivity contribution in [3.63, 3.8) is 0 Å². The van der Waals surface area contributed by atoms with Crippen LogP contribution in [-0.2, 0) is 19.6 Å². The second-order valence-corrected chi connectivity index (χ2v) is 7.36. The van der Waals surface area contributed by atoms with Gasteiger partial charge in [0.2, 0.25) is 10.0 Å².